The summed E-state index contributed by atoms with van der Waals surface area (Å²) in [6, 6.07) is 13.8. The Labute approximate surface area is 184 Å². The third-order valence-electron chi connectivity index (χ3n) is 4.83. The van der Waals surface area contributed by atoms with Gasteiger partial charge in [-0.1, -0.05) is 12.8 Å². The summed E-state index contributed by atoms with van der Waals surface area (Å²) in [7, 11) is 1.58. The maximum atomic E-state index is 12.2. The summed E-state index contributed by atoms with van der Waals surface area (Å²) in [4.78, 5) is 14.3. The van der Waals surface area contributed by atoms with Crippen LogP contribution in [0.3, 0.4) is 0 Å². The third-order valence-corrected chi connectivity index (χ3v) is 4.83. The molecule has 0 bridgehead atoms. The zero-order valence-electron chi connectivity index (χ0n) is 18.2. The van der Waals surface area contributed by atoms with Gasteiger partial charge in [0.25, 0.3) is 0 Å². The number of aliphatic hydroxyl groups excluding tert-OH is 2. The van der Waals surface area contributed by atoms with E-state index in [1.165, 1.54) is 0 Å². The van der Waals surface area contributed by atoms with E-state index in [4.69, 9.17) is 24.4 Å². The monoisotopic (exact) mass is 431 g/mol. The highest BCUT2D eigenvalue weighted by Crippen LogP contribution is 2.19. The second-order valence-corrected chi connectivity index (χ2v) is 7.14. The smallest absolute Gasteiger partial charge is 0.343 e. The summed E-state index contributed by atoms with van der Waals surface area (Å²) in [5.74, 6) is 1.46. The van der Waals surface area contributed by atoms with Crippen LogP contribution in [-0.4, -0.2) is 67.6 Å². The molecule has 2 aromatic rings. The molecule has 2 rings (SSSR count). The Kier molecular flexibility index (Phi) is 11.5. The summed E-state index contributed by atoms with van der Waals surface area (Å²) in [6.07, 6.45) is 4.11. The average molecular weight is 432 g/mol. The number of hydrogen-bond donors (Lipinski definition) is 2. The third kappa shape index (κ3) is 9.38. The first kappa shape index (κ1) is 24.7. The molecule has 0 heterocycles. The van der Waals surface area contributed by atoms with Crippen molar-refractivity contribution in [2.45, 2.75) is 25.7 Å². The van der Waals surface area contributed by atoms with Crippen molar-refractivity contribution in [3.63, 3.8) is 0 Å². The van der Waals surface area contributed by atoms with Crippen LogP contribution in [0.5, 0.6) is 17.2 Å². The van der Waals surface area contributed by atoms with Crippen molar-refractivity contribution in [1.82, 2.24) is 4.90 Å². The van der Waals surface area contributed by atoms with Gasteiger partial charge in [-0.05, 0) is 67.9 Å². The van der Waals surface area contributed by atoms with Crippen LogP contribution >= 0.6 is 0 Å². The minimum atomic E-state index is -0.423. The fourth-order valence-corrected chi connectivity index (χ4v) is 3.10. The van der Waals surface area contributed by atoms with E-state index in [1.54, 1.807) is 55.6 Å². The van der Waals surface area contributed by atoms with Crippen LogP contribution in [0.2, 0.25) is 0 Å². The predicted octanol–water partition coefficient (Wildman–Crippen LogP) is 3.14. The molecule has 0 spiro atoms. The molecule has 2 N–H and O–H groups in total. The van der Waals surface area contributed by atoms with Crippen molar-refractivity contribution in [1.29, 1.82) is 0 Å². The molecule has 0 amide bonds. The summed E-state index contributed by atoms with van der Waals surface area (Å²) >= 11 is 0. The normalized spacial score (nSPS) is 10.8. The lowest BCUT2D eigenvalue weighted by molar-refractivity contribution is 0.0734. The standard InChI is InChI=1S/C24H33NO6/c1-29-21-10-12-23(13-11-21)31-24(28)20-6-8-22(9-7-20)30-19-5-3-2-4-14-25(15-17-26)16-18-27/h6-13,26-27H,2-5,14-19H2,1H3. The Balaban J connectivity index is 1.63. The van der Waals surface area contributed by atoms with Crippen LogP contribution in [0.15, 0.2) is 48.5 Å². The van der Waals surface area contributed by atoms with Crippen molar-refractivity contribution >= 4 is 5.97 Å². The van der Waals surface area contributed by atoms with Gasteiger partial charge in [0.05, 0.1) is 32.5 Å². The quantitative estimate of drug-likeness (QED) is 0.254. The summed E-state index contributed by atoms with van der Waals surface area (Å²) < 4.78 is 16.2. The molecule has 7 heteroatoms. The van der Waals surface area contributed by atoms with E-state index < -0.39 is 5.97 Å². The Morgan fingerprint density at radius 2 is 1.35 bits per heavy atom. The summed E-state index contributed by atoms with van der Waals surface area (Å²) in [5, 5.41) is 18.0. The van der Waals surface area contributed by atoms with E-state index in [0.29, 0.717) is 36.8 Å². The number of unbranched alkanes of at least 4 members (excludes halogenated alkanes) is 3. The molecule has 0 aliphatic heterocycles. The Morgan fingerprint density at radius 3 is 1.97 bits per heavy atom. The minimum Gasteiger partial charge on any atom is -0.497 e. The first-order chi connectivity index (χ1) is 15.2. The summed E-state index contributed by atoms with van der Waals surface area (Å²) in [6.45, 7) is 2.95. The molecular formula is C24H33NO6. The van der Waals surface area contributed by atoms with Crippen molar-refractivity contribution in [2.24, 2.45) is 0 Å². The van der Waals surface area contributed by atoms with Gasteiger partial charge in [-0.15, -0.1) is 0 Å². The van der Waals surface area contributed by atoms with Crippen molar-refractivity contribution in [2.75, 3.05) is 46.6 Å². The largest absolute Gasteiger partial charge is 0.497 e. The lowest BCUT2D eigenvalue weighted by Crippen LogP contribution is -2.30. The molecule has 0 saturated heterocycles. The van der Waals surface area contributed by atoms with Gasteiger partial charge in [0, 0.05) is 13.1 Å². The fraction of sp³-hybridized carbons (Fsp3) is 0.458. The van der Waals surface area contributed by atoms with E-state index in [0.717, 1.165) is 38.0 Å². The van der Waals surface area contributed by atoms with Gasteiger partial charge < -0.3 is 24.4 Å². The highest BCUT2D eigenvalue weighted by Gasteiger charge is 2.09. The molecule has 170 valence electrons. The maximum Gasteiger partial charge on any atom is 0.343 e. The van der Waals surface area contributed by atoms with Gasteiger partial charge in [0.2, 0.25) is 0 Å². The van der Waals surface area contributed by atoms with Gasteiger partial charge in [-0.25, -0.2) is 4.79 Å². The van der Waals surface area contributed by atoms with Crippen LogP contribution in [0.25, 0.3) is 0 Å². The van der Waals surface area contributed by atoms with Crippen LogP contribution in [0.4, 0.5) is 0 Å². The number of carbonyl (C=O) groups is 1. The molecule has 0 atom stereocenters. The summed E-state index contributed by atoms with van der Waals surface area (Å²) in [5.41, 5.74) is 0.457. The molecule has 0 fully saturated rings. The van der Waals surface area contributed by atoms with E-state index in [1.807, 2.05) is 0 Å². The molecular weight excluding hydrogens is 398 g/mol. The van der Waals surface area contributed by atoms with E-state index >= 15 is 0 Å². The Bertz CT molecular complexity index is 742. The number of rotatable bonds is 15. The molecule has 0 unspecified atom stereocenters. The van der Waals surface area contributed by atoms with Gasteiger partial charge >= 0.3 is 5.97 Å². The number of esters is 1. The molecule has 2 aromatic carbocycles. The predicted molar refractivity (Wildman–Crippen MR) is 119 cm³/mol. The number of aliphatic hydroxyl groups is 2. The van der Waals surface area contributed by atoms with Gasteiger partial charge in [-0.2, -0.15) is 0 Å². The molecule has 0 aromatic heterocycles. The molecule has 0 aliphatic rings. The van der Waals surface area contributed by atoms with Gasteiger partial charge in [0.1, 0.15) is 17.2 Å². The maximum absolute atomic E-state index is 12.2. The van der Waals surface area contributed by atoms with E-state index in [2.05, 4.69) is 4.90 Å². The lowest BCUT2D eigenvalue weighted by Gasteiger charge is -2.19. The van der Waals surface area contributed by atoms with Crippen LogP contribution in [-0.2, 0) is 0 Å². The zero-order valence-corrected chi connectivity index (χ0v) is 18.2. The highest BCUT2D eigenvalue weighted by atomic mass is 16.5. The minimum absolute atomic E-state index is 0.117. The fourth-order valence-electron chi connectivity index (χ4n) is 3.10. The number of carbonyl (C=O) groups excluding carboxylic acids is 1. The first-order valence-corrected chi connectivity index (χ1v) is 10.7. The van der Waals surface area contributed by atoms with E-state index in [-0.39, 0.29) is 13.2 Å². The molecule has 7 nitrogen and oxygen atoms in total. The number of ether oxygens (including phenoxy) is 3. The highest BCUT2D eigenvalue weighted by molar-refractivity contribution is 5.91. The first-order valence-electron chi connectivity index (χ1n) is 10.7. The second kappa shape index (κ2) is 14.4. The second-order valence-electron chi connectivity index (χ2n) is 7.14. The SMILES string of the molecule is COc1ccc(OC(=O)c2ccc(OCCCCCCN(CCO)CCO)cc2)cc1. The Morgan fingerprint density at radius 1 is 0.774 bits per heavy atom. The molecule has 31 heavy (non-hydrogen) atoms. The van der Waals surface area contributed by atoms with Crippen molar-refractivity contribution < 1.29 is 29.2 Å². The topological polar surface area (TPSA) is 88.5 Å². The number of nitrogens with zero attached hydrogens (tertiary/aromatic N) is 1. The van der Waals surface area contributed by atoms with Crippen molar-refractivity contribution in [3.05, 3.63) is 54.1 Å². The molecule has 0 radical (unpaired) electrons. The number of hydrogen-bond acceptors (Lipinski definition) is 7. The lowest BCUT2D eigenvalue weighted by atomic mass is 10.2. The number of benzene rings is 2. The van der Waals surface area contributed by atoms with Gasteiger partial charge in [0.15, 0.2) is 0 Å². The zero-order chi connectivity index (χ0) is 22.3. The molecule has 0 aliphatic carbocycles. The van der Waals surface area contributed by atoms with Crippen LogP contribution in [0, 0.1) is 0 Å². The van der Waals surface area contributed by atoms with E-state index in [9.17, 15) is 4.79 Å². The van der Waals surface area contributed by atoms with Crippen LogP contribution < -0.4 is 14.2 Å². The van der Waals surface area contributed by atoms with Crippen molar-refractivity contribution in [3.8, 4) is 17.2 Å². The average Bonchev–Trinajstić information content (AvgIpc) is 2.79. The molecule has 0 saturated carbocycles. The van der Waals surface area contributed by atoms with Gasteiger partial charge in [-0.3, -0.25) is 4.90 Å². The Hall–Kier alpha value is -2.61. The van der Waals surface area contributed by atoms with Crippen LogP contribution in [0.1, 0.15) is 36.0 Å². The number of methoxy groups -OCH3 is 1.